The third-order valence-electron chi connectivity index (χ3n) is 4.97. The molecule has 3 heterocycles. The number of carbonyl (C=O) groups is 2. The Balaban J connectivity index is 1.80. The smallest absolute Gasteiger partial charge is 0.237 e. The monoisotopic (exact) mass is 374 g/mol. The molecular weight excluding hydrogens is 348 g/mol. The highest BCUT2D eigenvalue weighted by atomic mass is 16.5. The Bertz CT molecular complexity index is 827. The number of rotatable bonds is 7. The second kappa shape index (κ2) is 7.81. The predicted molar refractivity (Wildman–Crippen MR) is 97.7 cm³/mol. The molecule has 0 unspecified atom stereocenters. The zero-order valence-corrected chi connectivity index (χ0v) is 16.2. The normalized spacial score (nSPS) is 19.6. The largest absolute Gasteiger partial charge is 0.480 e. The Morgan fingerprint density at radius 3 is 2.81 bits per heavy atom. The van der Waals surface area contributed by atoms with Crippen LogP contribution in [0.4, 0.5) is 0 Å². The maximum absolute atomic E-state index is 12.9. The Labute approximate surface area is 158 Å². The number of imidazole rings is 1. The lowest BCUT2D eigenvalue weighted by Crippen LogP contribution is -2.36. The van der Waals surface area contributed by atoms with Gasteiger partial charge in [0, 0.05) is 51.7 Å². The first-order valence-corrected chi connectivity index (χ1v) is 9.14. The predicted octanol–water partition coefficient (Wildman–Crippen LogP) is 0.871. The molecule has 146 valence electrons. The van der Waals surface area contributed by atoms with Gasteiger partial charge in [0.15, 0.2) is 0 Å². The van der Waals surface area contributed by atoms with Crippen molar-refractivity contribution in [2.75, 3.05) is 13.7 Å². The highest BCUT2D eigenvalue weighted by molar-refractivity contribution is 5.90. The number of nitrogens with one attached hydrogen (secondary N) is 1. The number of aromatic nitrogens is 4. The van der Waals surface area contributed by atoms with E-state index in [1.54, 1.807) is 36.1 Å². The van der Waals surface area contributed by atoms with Crippen molar-refractivity contribution in [3.05, 3.63) is 30.0 Å². The van der Waals surface area contributed by atoms with Crippen LogP contribution >= 0.6 is 0 Å². The zero-order chi connectivity index (χ0) is 19.6. The van der Waals surface area contributed by atoms with E-state index >= 15 is 0 Å². The van der Waals surface area contributed by atoms with Crippen molar-refractivity contribution in [3.8, 4) is 5.88 Å². The minimum Gasteiger partial charge on any atom is -0.480 e. The van der Waals surface area contributed by atoms with Gasteiger partial charge in [-0.3, -0.25) is 14.3 Å². The van der Waals surface area contributed by atoms with Crippen LogP contribution in [0.2, 0.25) is 0 Å². The molecular formula is C18H26N6O3. The van der Waals surface area contributed by atoms with Gasteiger partial charge in [0.1, 0.15) is 11.9 Å². The lowest BCUT2D eigenvalue weighted by molar-refractivity contribution is -0.129. The van der Waals surface area contributed by atoms with Crippen LogP contribution in [0.15, 0.2) is 18.6 Å². The molecule has 2 atom stereocenters. The van der Waals surface area contributed by atoms with Crippen LogP contribution in [0.5, 0.6) is 5.88 Å². The highest BCUT2D eigenvalue weighted by Crippen LogP contribution is 2.37. The minimum absolute atomic E-state index is 0.0211. The SMILES string of the molecule is CCN1C(=O)C[C@H](C(=O)NCc2cn(C)nc2OC)[C@H]1c1nccn1CC. The van der Waals surface area contributed by atoms with Crippen LogP contribution in [0, 0.1) is 5.92 Å². The Morgan fingerprint density at radius 1 is 1.37 bits per heavy atom. The summed E-state index contributed by atoms with van der Waals surface area (Å²) in [6.45, 7) is 5.51. The van der Waals surface area contributed by atoms with E-state index in [4.69, 9.17) is 4.74 Å². The molecule has 0 bridgehead atoms. The number of hydrogen-bond acceptors (Lipinski definition) is 5. The second-order valence-corrected chi connectivity index (χ2v) is 6.56. The number of amides is 2. The number of carbonyl (C=O) groups excluding carboxylic acids is 2. The lowest BCUT2D eigenvalue weighted by Gasteiger charge is -2.26. The second-order valence-electron chi connectivity index (χ2n) is 6.56. The summed E-state index contributed by atoms with van der Waals surface area (Å²) in [6.07, 6.45) is 5.58. The summed E-state index contributed by atoms with van der Waals surface area (Å²) >= 11 is 0. The summed E-state index contributed by atoms with van der Waals surface area (Å²) < 4.78 is 8.85. The topological polar surface area (TPSA) is 94.3 Å². The minimum atomic E-state index is -0.479. The average molecular weight is 374 g/mol. The summed E-state index contributed by atoms with van der Waals surface area (Å²) in [5.41, 5.74) is 0.789. The number of hydrogen-bond donors (Lipinski definition) is 1. The van der Waals surface area contributed by atoms with Gasteiger partial charge >= 0.3 is 0 Å². The number of aryl methyl sites for hydroxylation is 2. The van der Waals surface area contributed by atoms with E-state index in [2.05, 4.69) is 15.4 Å². The summed E-state index contributed by atoms with van der Waals surface area (Å²) in [7, 11) is 3.34. The molecule has 9 heteroatoms. The van der Waals surface area contributed by atoms with Crippen molar-refractivity contribution in [1.29, 1.82) is 0 Å². The summed E-state index contributed by atoms with van der Waals surface area (Å²) in [4.78, 5) is 31.6. The van der Waals surface area contributed by atoms with Crippen molar-refractivity contribution in [3.63, 3.8) is 0 Å². The average Bonchev–Trinajstić information content (AvgIpc) is 3.35. The fourth-order valence-corrected chi connectivity index (χ4v) is 3.70. The molecule has 0 radical (unpaired) electrons. The van der Waals surface area contributed by atoms with Gasteiger partial charge in [-0.05, 0) is 13.8 Å². The number of methoxy groups -OCH3 is 1. The molecule has 1 fully saturated rings. The Kier molecular flexibility index (Phi) is 5.48. The molecule has 9 nitrogen and oxygen atoms in total. The Morgan fingerprint density at radius 2 is 2.15 bits per heavy atom. The maximum Gasteiger partial charge on any atom is 0.237 e. The van der Waals surface area contributed by atoms with Crippen molar-refractivity contribution < 1.29 is 14.3 Å². The first-order chi connectivity index (χ1) is 13.0. The van der Waals surface area contributed by atoms with E-state index in [1.165, 1.54) is 0 Å². The molecule has 0 saturated carbocycles. The van der Waals surface area contributed by atoms with E-state index < -0.39 is 5.92 Å². The number of nitrogens with zero attached hydrogens (tertiary/aromatic N) is 5. The van der Waals surface area contributed by atoms with Crippen molar-refractivity contribution in [2.45, 2.75) is 39.4 Å². The molecule has 1 N–H and O–H groups in total. The van der Waals surface area contributed by atoms with Crippen molar-refractivity contribution >= 4 is 11.8 Å². The van der Waals surface area contributed by atoms with Gasteiger partial charge in [0.25, 0.3) is 0 Å². The molecule has 2 aromatic rings. The lowest BCUT2D eigenvalue weighted by atomic mass is 9.98. The standard InChI is InChI=1S/C18H26N6O3/c1-5-23-8-7-19-16(23)15-13(9-14(25)24(15)6-2)17(26)20-10-12-11-22(3)21-18(12)27-4/h7-8,11,13,15H,5-6,9-10H2,1-4H3,(H,20,26)/t13-,15-/m0/s1. The van der Waals surface area contributed by atoms with Gasteiger partial charge in [-0.25, -0.2) is 4.98 Å². The van der Waals surface area contributed by atoms with E-state index in [0.717, 1.165) is 17.9 Å². The first-order valence-electron chi connectivity index (χ1n) is 9.14. The van der Waals surface area contributed by atoms with E-state index in [1.807, 2.05) is 24.6 Å². The molecule has 3 rings (SSSR count). The van der Waals surface area contributed by atoms with Crippen LogP contribution in [-0.4, -0.2) is 49.7 Å². The molecule has 2 amide bonds. The van der Waals surface area contributed by atoms with Crippen LogP contribution in [0.3, 0.4) is 0 Å². The van der Waals surface area contributed by atoms with Gasteiger partial charge < -0.3 is 19.5 Å². The molecule has 1 aliphatic heterocycles. The van der Waals surface area contributed by atoms with Gasteiger partial charge in [0.05, 0.1) is 18.6 Å². The van der Waals surface area contributed by atoms with Crippen molar-refractivity contribution in [2.24, 2.45) is 13.0 Å². The van der Waals surface area contributed by atoms with Gasteiger partial charge in [-0.15, -0.1) is 5.10 Å². The molecule has 2 aromatic heterocycles. The third-order valence-corrected chi connectivity index (χ3v) is 4.97. The van der Waals surface area contributed by atoms with Crippen LogP contribution in [0.1, 0.15) is 37.7 Å². The van der Waals surface area contributed by atoms with Gasteiger partial charge in [-0.1, -0.05) is 0 Å². The van der Waals surface area contributed by atoms with Crippen molar-refractivity contribution in [1.82, 2.24) is 29.5 Å². The molecule has 27 heavy (non-hydrogen) atoms. The van der Waals surface area contributed by atoms with E-state index in [-0.39, 0.29) is 24.3 Å². The molecule has 0 aromatic carbocycles. The van der Waals surface area contributed by atoms with Crippen LogP contribution in [0.25, 0.3) is 0 Å². The molecule has 1 aliphatic rings. The fourth-order valence-electron chi connectivity index (χ4n) is 3.70. The highest BCUT2D eigenvalue weighted by Gasteiger charge is 2.45. The van der Waals surface area contributed by atoms with Gasteiger partial charge in [0.2, 0.25) is 17.7 Å². The molecule has 0 aliphatic carbocycles. The Hall–Kier alpha value is -2.84. The molecule has 0 spiro atoms. The maximum atomic E-state index is 12.9. The summed E-state index contributed by atoms with van der Waals surface area (Å²) in [5.74, 6) is 0.568. The quantitative estimate of drug-likeness (QED) is 0.776. The first kappa shape index (κ1) is 18.9. The summed E-state index contributed by atoms with van der Waals surface area (Å²) in [6, 6.07) is -0.353. The zero-order valence-electron chi connectivity index (χ0n) is 16.2. The van der Waals surface area contributed by atoms with E-state index in [9.17, 15) is 9.59 Å². The van der Waals surface area contributed by atoms with Gasteiger partial charge in [-0.2, -0.15) is 0 Å². The summed E-state index contributed by atoms with van der Waals surface area (Å²) in [5, 5.41) is 7.12. The van der Waals surface area contributed by atoms with E-state index in [0.29, 0.717) is 19.0 Å². The molecule has 1 saturated heterocycles. The number of likely N-dealkylation sites (tertiary alicyclic amines) is 1. The van der Waals surface area contributed by atoms with Crippen LogP contribution < -0.4 is 10.1 Å². The fraction of sp³-hybridized carbons (Fsp3) is 0.556. The van der Waals surface area contributed by atoms with Crippen LogP contribution in [-0.2, 0) is 29.7 Å². The number of ether oxygens (including phenoxy) is 1. The third kappa shape index (κ3) is 3.54.